The van der Waals surface area contributed by atoms with E-state index in [-0.39, 0.29) is 25.5 Å². The van der Waals surface area contributed by atoms with Crippen LogP contribution >= 0.6 is 11.8 Å². The first-order chi connectivity index (χ1) is 15.2. The number of alkyl halides is 3. The monoisotopic (exact) mass is 472 g/mol. The minimum absolute atomic E-state index is 0.0435. The Bertz CT molecular complexity index is 1340. The lowest BCUT2D eigenvalue weighted by molar-refractivity contribution is -0.137. The number of hydrogen-bond donors (Lipinski definition) is 0. The van der Waals surface area contributed by atoms with Gasteiger partial charge in [0.05, 0.1) is 16.7 Å². The number of rotatable bonds is 5. The number of nitrogens with zero attached hydrogens (tertiary/aromatic N) is 2. The molecule has 4 rings (SSSR count). The standard InChI is InChI=1S/C23H15F3N2O2S2/c24-23(25,26)17-10-7-11-18(14-17)31-22-20(32(29,30)19-12-5-2-6-13-19)15-27-21(28-22)16-8-3-1-4-9-16/h1-15H. The van der Waals surface area contributed by atoms with Crippen molar-refractivity contribution in [1.82, 2.24) is 9.97 Å². The van der Waals surface area contributed by atoms with E-state index >= 15 is 0 Å². The van der Waals surface area contributed by atoms with Gasteiger partial charge in [-0.3, -0.25) is 0 Å². The first-order valence-electron chi connectivity index (χ1n) is 9.33. The van der Waals surface area contributed by atoms with Gasteiger partial charge in [-0.1, -0.05) is 66.4 Å². The quantitative estimate of drug-likeness (QED) is 0.326. The number of benzene rings is 3. The Morgan fingerprint density at radius 2 is 1.47 bits per heavy atom. The van der Waals surface area contributed by atoms with Gasteiger partial charge in [-0.05, 0) is 30.3 Å². The number of halogens is 3. The van der Waals surface area contributed by atoms with E-state index < -0.39 is 21.6 Å². The zero-order valence-corrected chi connectivity index (χ0v) is 18.0. The molecule has 0 saturated heterocycles. The molecule has 0 fully saturated rings. The van der Waals surface area contributed by atoms with Crippen molar-refractivity contribution < 1.29 is 21.6 Å². The first-order valence-corrected chi connectivity index (χ1v) is 11.6. The Kier molecular flexibility index (Phi) is 6.03. The Morgan fingerprint density at radius 3 is 2.12 bits per heavy atom. The van der Waals surface area contributed by atoms with Crippen molar-refractivity contribution in [2.24, 2.45) is 0 Å². The summed E-state index contributed by atoms with van der Waals surface area (Å²) in [7, 11) is -4.00. The molecule has 4 nitrogen and oxygen atoms in total. The molecule has 0 saturated carbocycles. The highest BCUT2D eigenvalue weighted by Crippen LogP contribution is 2.37. The molecule has 0 bridgehead atoms. The zero-order valence-electron chi connectivity index (χ0n) is 16.3. The minimum Gasteiger partial charge on any atom is -0.235 e. The summed E-state index contributed by atoms with van der Waals surface area (Å²) in [6.45, 7) is 0. The van der Waals surface area contributed by atoms with Crippen LogP contribution in [-0.4, -0.2) is 18.4 Å². The Labute approximate surface area is 187 Å². The second-order valence-corrected chi connectivity index (χ2v) is 9.65. The Hall–Kier alpha value is -3.17. The van der Waals surface area contributed by atoms with Crippen molar-refractivity contribution in [2.75, 3.05) is 0 Å². The van der Waals surface area contributed by atoms with E-state index in [9.17, 15) is 21.6 Å². The van der Waals surface area contributed by atoms with Gasteiger partial charge in [0, 0.05) is 10.5 Å². The van der Waals surface area contributed by atoms with Crippen LogP contribution in [0.25, 0.3) is 11.4 Å². The third kappa shape index (κ3) is 4.68. The van der Waals surface area contributed by atoms with Crippen LogP contribution in [0.4, 0.5) is 13.2 Å². The summed E-state index contributed by atoms with van der Waals surface area (Å²) in [4.78, 5) is 8.71. The summed E-state index contributed by atoms with van der Waals surface area (Å²) in [5.41, 5.74) is -0.172. The molecule has 0 spiro atoms. The van der Waals surface area contributed by atoms with Crippen LogP contribution in [0.1, 0.15) is 5.56 Å². The van der Waals surface area contributed by atoms with Crippen molar-refractivity contribution in [2.45, 2.75) is 25.9 Å². The van der Waals surface area contributed by atoms with Gasteiger partial charge in [0.2, 0.25) is 9.84 Å². The minimum atomic E-state index is -4.52. The van der Waals surface area contributed by atoms with Crippen molar-refractivity contribution in [1.29, 1.82) is 0 Å². The fourth-order valence-electron chi connectivity index (χ4n) is 2.91. The number of sulfone groups is 1. The van der Waals surface area contributed by atoms with Gasteiger partial charge in [-0.25, -0.2) is 18.4 Å². The number of hydrogen-bond acceptors (Lipinski definition) is 5. The van der Waals surface area contributed by atoms with Gasteiger partial charge in [-0.2, -0.15) is 13.2 Å². The summed E-state index contributed by atoms with van der Waals surface area (Å²) >= 11 is 0.845. The smallest absolute Gasteiger partial charge is 0.235 e. The molecule has 4 aromatic rings. The molecule has 0 N–H and O–H groups in total. The van der Waals surface area contributed by atoms with Crippen molar-refractivity contribution in [3.8, 4) is 11.4 Å². The molecule has 162 valence electrons. The van der Waals surface area contributed by atoms with E-state index in [2.05, 4.69) is 9.97 Å². The van der Waals surface area contributed by atoms with Gasteiger partial charge in [0.25, 0.3) is 0 Å². The third-order valence-corrected chi connectivity index (χ3v) is 7.37. The first kappa shape index (κ1) is 22.0. The molecule has 1 heterocycles. The molecule has 1 aromatic heterocycles. The Morgan fingerprint density at radius 1 is 0.812 bits per heavy atom. The highest BCUT2D eigenvalue weighted by Gasteiger charge is 2.31. The third-order valence-electron chi connectivity index (χ3n) is 4.47. The molecule has 0 aliphatic carbocycles. The average molecular weight is 473 g/mol. The summed E-state index contributed by atoms with van der Waals surface area (Å²) in [5, 5.41) is 0.0435. The largest absolute Gasteiger partial charge is 0.416 e. The van der Waals surface area contributed by atoms with Crippen LogP contribution in [0.2, 0.25) is 0 Å². The summed E-state index contributed by atoms with van der Waals surface area (Å²) in [6, 6.07) is 21.3. The fourth-order valence-corrected chi connectivity index (χ4v) is 5.44. The highest BCUT2D eigenvalue weighted by atomic mass is 32.2. The van der Waals surface area contributed by atoms with Gasteiger partial charge in [0.15, 0.2) is 5.82 Å². The molecule has 0 aliphatic heterocycles. The molecule has 0 aliphatic rings. The average Bonchev–Trinajstić information content (AvgIpc) is 2.80. The SMILES string of the molecule is O=S(=O)(c1ccccc1)c1cnc(-c2ccccc2)nc1Sc1cccc(C(F)(F)F)c1. The van der Waals surface area contributed by atoms with E-state index in [0.29, 0.717) is 5.56 Å². The summed E-state index contributed by atoms with van der Waals surface area (Å²) < 4.78 is 65.9. The van der Waals surface area contributed by atoms with E-state index in [0.717, 1.165) is 23.9 Å². The van der Waals surface area contributed by atoms with Crippen molar-refractivity contribution >= 4 is 21.6 Å². The molecule has 0 unspecified atom stereocenters. The summed E-state index contributed by atoms with van der Waals surface area (Å²) in [6.07, 6.45) is -3.32. The van der Waals surface area contributed by atoms with Crippen molar-refractivity contribution in [3.63, 3.8) is 0 Å². The lowest BCUT2D eigenvalue weighted by atomic mass is 10.2. The summed E-state index contributed by atoms with van der Waals surface area (Å²) in [5.74, 6) is 0.270. The van der Waals surface area contributed by atoms with Gasteiger partial charge >= 0.3 is 6.18 Å². The fraction of sp³-hybridized carbons (Fsp3) is 0.0435. The van der Waals surface area contributed by atoms with Crippen molar-refractivity contribution in [3.05, 3.63) is 96.7 Å². The molecule has 3 aromatic carbocycles. The molecular weight excluding hydrogens is 457 g/mol. The van der Waals surface area contributed by atoms with Crippen LogP contribution in [0.3, 0.4) is 0 Å². The van der Waals surface area contributed by atoms with Crippen LogP contribution < -0.4 is 0 Å². The molecule has 9 heteroatoms. The molecule has 32 heavy (non-hydrogen) atoms. The predicted octanol–water partition coefficient (Wildman–Crippen LogP) is 6.15. The number of aromatic nitrogens is 2. The van der Waals surface area contributed by atoms with Gasteiger partial charge in [0.1, 0.15) is 9.92 Å². The topological polar surface area (TPSA) is 59.9 Å². The van der Waals surface area contributed by atoms with Crippen LogP contribution in [0, 0.1) is 0 Å². The van der Waals surface area contributed by atoms with E-state index in [4.69, 9.17) is 0 Å². The van der Waals surface area contributed by atoms with Gasteiger partial charge in [-0.15, -0.1) is 0 Å². The maximum absolute atomic E-state index is 13.2. The van der Waals surface area contributed by atoms with Crippen LogP contribution in [0.5, 0.6) is 0 Å². The maximum atomic E-state index is 13.2. The molecular formula is C23H15F3N2O2S2. The predicted molar refractivity (Wildman–Crippen MR) is 115 cm³/mol. The second kappa shape index (κ2) is 8.76. The van der Waals surface area contributed by atoms with Crippen LogP contribution in [-0.2, 0) is 16.0 Å². The Balaban J connectivity index is 1.85. The molecule has 0 amide bonds. The van der Waals surface area contributed by atoms with E-state index in [1.807, 2.05) is 6.07 Å². The zero-order chi connectivity index (χ0) is 22.8. The lowest BCUT2D eigenvalue weighted by Crippen LogP contribution is -2.07. The molecule has 0 radical (unpaired) electrons. The molecule has 0 atom stereocenters. The van der Waals surface area contributed by atoms with Gasteiger partial charge < -0.3 is 0 Å². The lowest BCUT2D eigenvalue weighted by Gasteiger charge is -2.12. The second-order valence-electron chi connectivity index (χ2n) is 6.67. The highest BCUT2D eigenvalue weighted by molar-refractivity contribution is 8.00. The normalized spacial score (nSPS) is 12.0. The van der Waals surface area contributed by atoms with Crippen LogP contribution in [0.15, 0.2) is 111 Å². The maximum Gasteiger partial charge on any atom is 0.416 e. The van der Waals surface area contributed by atoms with E-state index in [1.54, 1.807) is 42.5 Å². The van der Waals surface area contributed by atoms with E-state index in [1.165, 1.54) is 30.5 Å².